The van der Waals surface area contributed by atoms with E-state index in [0.717, 1.165) is 11.3 Å². The highest BCUT2D eigenvalue weighted by Crippen LogP contribution is 2.10. The Morgan fingerprint density at radius 1 is 1.29 bits per heavy atom. The number of methoxy groups -OCH3 is 1. The summed E-state index contributed by atoms with van der Waals surface area (Å²) >= 11 is 0.925. The van der Waals surface area contributed by atoms with Crippen LogP contribution in [0.15, 0.2) is 24.3 Å². The number of esters is 2. The zero-order chi connectivity index (χ0) is 15.4. The van der Waals surface area contributed by atoms with Crippen LogP contribution in [0.5, 0.6) is 0 Å². The molecule has 8 heteroatoms. The Morgan fingerprint density at radius 3 is 2.52 bits per heavy atom. The summed E-state index contributed by atoms with van der Waals surface area (Å²) in [6.45, 7) is 1.95. The van der Waals surface area contributed by atoms with E-state index in [2.05, 4.69) is 9.84 Å². The Hall–Kier alpha value is -2.48. The van der Waals surface area contributed by atoms with Gasteiger partial charge in [-0.2, -0.15) is 0 Å². The van der Waals surface area contributed by atoms with Crippen molar-refractivity contribution in [1.29, 1.82) is 5.41 Å². The van der Waals surface area contributed by atoms with Crippen LogP contribution in [0.1, 0.15) is 27.1 Å². The third-order valence-electron chi connectivity index (χ3n) is 2.56. The van der Waals surface area contributed by atoms with Crippen molar-refractivity contribution in [2.45, 2.75) is 6.92 Å². The molecule has 7 nitrogen and oxygen atoms in total. The molecule has 0 saturated carbocycles. The van der Waals surface area contributed by atoms with Gasteiger partial charge in [-0.1, -0.05) is 11.3 Å². The van der Waals surface area contributed by atoms with E-state index in [-0.39, 0.29) is 16.4 Å². The number of nitrogens with zero attached hydrogens (tertiary/aromatic N) is 2. The summed E-state index contributed by atoms with van der Waals surface area (Å²) in [5.41, 5.74) is 0.966. The largest absolute Gasteiger partial charge is 0.465 e. The van der Waals surface area contributed by atoms with Gasteiger partial charge in [-0.15, -0.1) is 5.10 Å². The molecule has 0 aliphatic heterocycles. The van der Waals surface area contributed by atoms with Gasteiger partial charge >= 0.3 is 11.9 Å². The zero-order valence-electron chi connectivity index (χ0n) is 11.5. The van der Waals surface area contributed by atoms with E-state index in [1.165, 1.54) is 11.8 Å². The van der Waals surface area contributed by atoms with E-state index in [0.29, 0.717) is 11.3 Å². The predicted octanol–water partition coefficient (Wildman–Crippen LogP) is 1.38. The van der Waals surface area contributed by atoms with Gasteiger partial charge in [0.2, 0.25) is 9.81 Å². The molecule has 110 valence electrons. The molecule has 0 saturated heterocycles. The second kappa shape index (κ2) is 6.31. The molecule has 0 aliphatic rings. The van der Waals surface area contributed by atoms with Gasteiger partial charge in [-0.05, 0) is 31.2 Å². The van der Waals surface area contributed by atoms with Crippen molar-refractivity contribution in [2.24, 2.45) is 0 Å². The average Bonchev–Trinajstić information content (AvgIpc) is 2.89. The molecule has 0 fully saturated rings. The Kier molecular flexibility index (Phi) is 4.49. The fourth-order valence-electron chi connectivity index (χ4n) is 1.60. The fourth-order valence-corrected chi connectivity index (χ4v) is 2.28. The molecule has 0 bridgehead atoms. The van der Waals surface area contributed by atoms with Crippen LogP contribution in [0.25, 0.3) is 5.69 Å². The van der Waals surface area contributed by atoms with Crippen molar-refractivity contribution in [1.82, 2.24) is 9.78 Å². The van der Waals surface area contributed by atoms with Crippen molar-refractivity contribution < 1.29 is 19.1 Å². The Balaban J connectivity index is 2.32. The van der Waals surface area contributed by atoms with Crippen LogP contribution < -0.4 is 4.80 Å². The molecule has 2 rings (SSSR count). The quantitative estimate of drug-likeness (QED) is 0.861. The fraction of sp³-hybridized carbons (Fsp3) is 0.231. The molecule has 1 aromatic heterocycles. The lowest BCUT2D eigenvalue weighted by molar-refractivity contribution is 0.0523. The van der Waals surface area contributed by atoms with Crippen molar-refractivity contribution in [3.05, 3.63) is 39.6 Å². The maximum atomic E-state index is 11.6. The predicted molar refractivity (Wildman–Crippen MR) is 74.6 cm³/mol. The lowest BCUT2D eigenvalue weighted by Crippen LogP contribution is -2.13. The lowest BCUT2D eigenvalue weighted by Gasteiger charge is -2.02. The maximum Gasteiger partial charge on any atom is 0.369 e. The summed E-state index contributed by atoms with van der Waals surface area (Å²) < 4.78 is 10.8. The first-order valence-corrected chi connectivity index (χ1v) is 6.89. The van der Waals surface area contributed by atoms with Gasteiger partial charge in [0.25, 0.3) is 0 Å². The van der Waals surface area contributed by atoms with E-state index in [1.54, 1.807) is 31.2 Å². The molecule has 0 atom stereocenters. The van der Waals surface area contributed by atoms with Crippen LogP contribution in [0.2, 0.25) is 0 Å². The normalized spacial score (nSPS) is 10.2. The number of rotatable bonds is 4. The van der Waals surface area contributed by atoms with Crippen LogP contribution in [0.3, 0.4) is 0 Å². The van der Waals surface area contributed by atoms with Gasteiger partial charge in [-0.3, -0.25) is 5.41 Å². The zero-order valence-corrected chi connectivity index (χ0v) is 12.3. The summed E-state index contributed by atoms with van der Waals surface area (Å²) in [6.07, 6.45) is 0. The van der Waals surface area contributed by atoms with Crippen LogP contribution in [-0.2, 0) is 9.47 Å². The molecule has 0 radical (unpaired) electrons. The van der Waals surface area contributed by atoms with E-state index in [9.17, 15) is 9.59 Å². The van der Waals surface area contributed by atoms with Gasteiger partial charge in [-0.25, -0.2) is 14.3 Å². The number of hydrogen-bond donors (Lipinski definition) is 1. The number of ether oxygens (including phenoxy) is 2. The van der Waals surface area contributed by atoms with Crippen molar-refractivity contribution in [3.63, 3.8) is 0 Å². The molecule has 2 aromatic rings. The number of benzene rings is 1. The Morgan fingerprint density at radius 2 is 1.95 bits per heavy atom. The van der Waals surface area contributed by atoms with Gasteiger partial charge < -0.3 is 9.47 Å². The summed E-state index contributed by atoms with van der Waals surface area (Å²) in [7, 11) is 1.30. The highest BCUT2D eigenvalue weighted by molar-refractivity contribution is 7.10. The SMILES string of the molecule is CCOC(=O)c1nn(-c2ccc(C(=O)OC)cc2)c(=N)s1. The number of nitrogens with one attached hydrogen (secondary N) is 1. The molecule has 1 aromatic carbocycles. The molecule has 0 amide bonds. The minimum absolute atomic E-state index is 0.0869. The molecule has 1 N–H and O–H groups in total. The highest BCUT2D eigenvalue weighted by atomic mass is 32.1. The first kappa shape index (κ1) is 14.9. The monoisotopic (exact) mass is 307 g/mol. The van der Waals surface area contributed by atoms with Gasteiger partial charge in [0, 0.05) is 0 Å². The number of carbonyl (C=O) groups is 2. The third-order valence-corrected chi connectivity index (χ3v) is 3.37. The van der Waals surface area contributed by atoms with E-state index in [1.807, 2.05) is 0 Å². The van der Waals surface area contributed by atoms with Gasteiger partial charge in [0.15, 0.2) is 0 Å². The van der Waals surface area contributed by atoms with Gasteiger partial charge in [0.05, 0.1) is 25.0 Å². The minimum Gasteiger partial charge on any atom is -0.465 e. The van der Waals surface area contributed by atoms with Crippen LogP contribution in [-0.4, -0.2) is 35.4 Å². The molecule has 0 unspecified atom stereocenters. The number of aromatic nitrogens is 2. The van der Waals surface area contributed by atoms with Crippen molar-refractivity contribution >= 4 is 23.3 Å². The summed E-state index contributed by atoms with van der Waals surface area (Å²) in [5.74, 6) is -0.996. The molecule has 21 heavy (non-hydrogen) atoms. The molecule has 1 heterocycles. The molecule has 0 aliphatic carbocycles. The standard InChI is InChI=1S/C13H13N3O4S/c1-3-20-12(18)10-15-16(13(14)21-10)9-6-4-8(5-7-9)11(17)19-2/h4-7,14H,3H2,1-2H3. The van der Waals surface area contributed by atoms with E-state index < -0.39 is 11.9 Å². The Bertz CT molecular complexity index is 718. The van der Waals surface area contributed by atoms with Crippen LogP contribution in [0, 0.1) is 5.41 Å². The Labute approximate surface area is 124 Å². The summed E-state index contributed by atoms with van der Waals surface area (Å²) in [5, 5.41) is 12.0. The number of hydrogen-bond acceptors (Lipinski definition) is 7. The highest BCUT2D eigenvalue weighted by Gasteiger charge is 2.15. The van der Waals surface area contributed by atoms with Crippen molar-refractivity contribution in [3.8, 4) is 5.69 Å². The average molecular weight is 307 g/mol. The lowest BCUT2D eigenvalue weighted by atomic mass is 10.2. The van der Waals surface area contributed by atoms with Crippen LogP contribution in [0.4, 0.5) is 0 Å². The molecular formula is C13H13N3O4S. The number of carbonyl (C=O) groups excluding carboxylic acids is 2. The minimum atomic E-state index is -0.555. The van der Waals surface area contributed by atoms with Gasteiger partial charge in [0.1, 0.15) is 0 Å². The first-order chi connectivity index (χ1) is 10.1. The van der Waals surface area contributed by atoms with E-state index >= 15 is 0 Å². The molecular weight excluding hydrogens is 294 g/mol. The molecule has 0 spiro atoms. The smallest absolute Gasteiger partial charge is 0.369 e. The van der Waals surface area contributed by atoms with E-state index in [4.69, 9.17) is 10.1 Å². The van der Waals surface area contributed by atoms with Crippen LogP contribution >= 0.6 is 11.3 Å². The summed E-state index contributed by atoms with van der Waals surface area (Å²) in [6, 6.07) is 6.38. The second-order valence-electron chi connectivity index (χ2n) is 3.88. The summed E-state index contributed by atoms with van der Waals surface area (Å²) in [4.78, 5) is 23.0. The van der Waals surface area contributed by atoms with Crippen molar-refractivity contribution in [2.75, 3.05) is 13.7 Å². The third kappa shape index (κ3) is 3.16. The topological polar surface area (TPSA) is 94.3 Å². The first-order valence-electron chi connectivity index (χ1n) is 6.07. The maximum absolute atomic E-state index is 11.6. The second-order valence-corrected chi connectivity index (χ2v) is 4.86.